The minimum Gasteiger partial charge on any atom is -0.481 e. The van der Waals surface area contributed by atoms with Crippen molar-refractivity contribution in [2.45, 2.75) is 32.3 Å². The highest BCUT2D eigenvalue weighted by molar-refractivity contribution is 5.87. The zero-order chi connectivity index (χ0) is 14.1. The Morgan fingerprint density at radius 3 is 2.58 bits per heavy atom. The smallest absolute Gasteiger partial charge is 0.305 e. The first-order valence-electron chi connectivity index (χ1n) is 6.55. The molecule has 0 unspecified atom stereocenters. The lowest BCUT2D eigenvalue weighted by Crippen LogP contribution is -2.40. The van der Waals surface area contributed by atoms with Crippen LogP contribution in [0, 0.1) is 0 Å². The van der Waals surface area contributed by atoms with Gasteiger partial charge >= 0.3 is 5.97 Å². The fourth-order valence-electron chi connectivity index (χ4n) is 1.91. The Morgan fingerprint density at radius 2 is 2.00 bits per heavy atom. The predicted molar refractivity (Wildman–Crippen MR) is 71.8 cm³/mol. The number of rotatable bonds is 6. The van der Waals surface area contributed by atoms with Crippen LogP contribution in [0.4, 0.5) is 0 Å². The molecule has 0 radical (unpaired) electrons. The van der Waals surface area contributed by atoms with Crippen molar-refractivity contribution in [2.75, 3.05) is 19.7 Å². The first kappa shape index (κ1) is 15.4. The number of amides is 1. The van der Waals surface area contributed by atoms with Gasteiger partial charge in [0.15, 0.2) is 0 Å². The van der Waals surface area contributed by atoms with Crippen LogP contribution in [0.3, 0.4) is 0 Å². The van der Waals surface area contributed by atoms with Crippen molar-refractivity contribution in [1.29, 1.82) is 0 Å². The standard InChI is InChI=1S/C14H21NO4/c1-2-3-4-5-13(16)15-9-6-12(7-10-15)19-11-8-14(17)18/h2-5,12H,6-11H2,1H3,(H,17,18). The summed E-state index contributed by atoms with van der Waals surface area (Å²) in [5, 5.41) is 8.51. The molecule has 1 amide bonds. The SMILES string of the molecule is CC=CC=CC(=O)N1CCC(OCCC(=O)O)CC1. The van der Waals surface area contributed by atoms with Gasteiger partial charge in [-0.3, -0.25) is 9.59 Å². The molecule has 0 aromatic heterocycles. The summed E-state index contributed by atoms with van der Waals surface area (Å²) in [6.45, 7) is 3.47. The van der Waals surface area contributed by atoms with Gasteiger partial charge in [-0.25, -0.2) is 0 Å². The minimum absolute atomic E-state index is 0.0158. The summed E-state index contributed by atoms with van der Waals surface area (Å²) in [4.78, 5) is 23.9. The highest BCUT2D eigenvalue weighted by atomic mass is 16.5. The predicted octanol–water partition coefficient (Wildman–Crippen LogP) is 1.60. The lowest BCUT2D eigenvalue weighted by molar-refractivity contribution is -0.139. The molecule has 1 N–H and O–H groups in total. The molecule has 0 spiro atoms. The van der Waals surface area contributed by atoms with Gasteiger partial charge in [0.2, 0.25) is 5.91 Å². The summed E-state index contributed by atoms with van der Waals surface area (Å²) in [7, 11) is 0. The number of hydrogen-bond acceptors (Lipinski definition) is 3. The first-order valence-corrected chi connectivity index (χ1v) is 6.55. The van der Waals surface area contributed by atoms with E-state index < -0.39 is 5.97 Å². The second kappa shape index (κ2) is 8.48. The molecule has 0 aromatic carbocycles. The number of ether oxygens (including phenoxy) is 1. The van der Waals surface area contributed by atoms with Crippen LogP contribution in [-0.2, 0) is 14.3 Å². The minimum atomic E-state index is -0.846. The Kier molecular flexibility index (Phi) is 6.89. The van der Waals surface area contributed by atoms with Crippen LogP contribution in [-0.4, -0.2) is 47.7 Å². The van der Waals surface area contributed by atoms with Crippen LogP contribution in [0.25, 0.3) is 0 Å². The molecule has 1 saturated heterocycles. The molecule has 1 aliphatic rings. The summed E-state index contributed by atoms with van der Waals surface area (Å²) < 4.78 is 5.47. The molecule has 1 rings (SSSR count). The topological polar surface area (TPSA) is 66.8 Å². The van der Waals surface area contributed by atoms with Gasteiger partial charge < -0.3 is 14.7 Å². The monoisotopic (exact) mass is 267 g/mol. The Morgan fingerprint density at radius 1 is 1.32 bits per heavy atom. The number of carboxylic acids is 1. The summed E-state index contributed by atoms with van der Waals surface area (Å²) in [5.74, 6) is -0.830. The van der Waals surface area contributed by atoms with Gasteiger partial charge in [-0.15, -0.1) is 0 Å². The van der Waals surface area contributed by atoms with Gasteiger partial charge in [-0.05, 0) is 19.8 Å². The molecule has 0 bridgehead atoms. The summed E-state index contributed by atoms with van der Waals surface area (Å²) in [6.07, 6.45) is 8.62. The molecule has 0 saturated carbocycles. The maximum atomic E-state index is 11.8. The molecule has 5 heteroatoms. The van der Waals surface area contributed by atoms with Crippen LogP contribution in [0.2, 0.25) is 0 Å². The number of hydrogen-bond donors (Lipinski definition) is 1. The van der Waals surface area contributed by atoms with Gasteiger partial charge in [0.25, 0.3) is 0 Å². The second-order valence-electron chi connectivity index (χ2n) is 4.42. The van der Waals surface area contributed by atoms with E-state index in [1.54, 1.807) is 17.1 Å². The molecule has 0 aliphatic carbocycles. The molecule has 19 heavy (non-hydrogen) atoms. The second-order valence-corrected chi connectivity index (χ2v) is 4.42. The summed E-state index contributed by atoms with van der Waals surface area (Å²) in [5.41, 5.74) is 0. The highest BCUT2D eigenvalue weighted by Gasteiger charge is 2.21. The Balaban J connectivity index is 2.24. The quantitative estimate of drug-likeness (QED) is 0.586. The number of carbonyl (C=O) groups excluding carboxylic acids is 1. The Labute approximate surface area is 113 Å². The highest BCUT2D eigenvalue weighted by Crippen LogP contribution is 2.14. The van der Waals surface area contributed by atoms with Crippen molar-refractivity contribution in [3.8, 4) is 0 Å². The van der Waals surface area contributed by atoms with E-state index in [4.69, 9.17) is 9.84 Å². The lowest BCUT2D eigenvalue weighted by atomic mass is 10.1. The van der Waals surface area contributed by atoms with E-state index in [-0.39, 0.29) is 25.0 Å². The number of piperidine rings is 1. The number of nitrogens with zero attached hydrogens (tertiary/aromatic N) is 1. The molecule has 1 aliphatic heterocycles. The number of allylic oxidation sites excluding steroid dienone is 3. The van der Waals surface area contributed by atoms with E-state index in [0.717, 1.165) is 12.8 Å². The van der Waals surface area contributed by atoms with Crippen molar-refractivity contribution in [2.24, 2.45) is 0 Å². The third-order valence-electron chi connectivity index (χ3n) is 2.97. The molecule has 5 nitrogen and oxygen atoms in total. The Hall–Kier alpha value is -1.62. The average molecular weight is 267 g/mol. The molecule has 1 fully saturated rings. The molecule has 0 atom stereocenters. The lowest BCUT2D eigenvalue weighted by Gasteiger charge is -2.31. The van der Waals surface area contributed by atoms with E-state index in [1.807, 2.05) is 19.1 Å². The molecular weight excluding hydrogens is 246 g/mol. The van der Waals surface area contributed by atoms with Crippen LogP contribution < -0.4 is 0 Å². The van der Waals surface area contributed by atoms with Gasteiger partial charge in [-0.2, -0.15) is 0 Å². The van der Waals surface area contributed by atoms with E-state index in [0.29, 0.717) is 13.1 Å². The number of likely N-dealkylation sites (tertiary alicyclic amines) is 1. The summed E-state index contributed by atoms with van der Waals surface area (Å²) >= 11 is 0. The van der Waals surface area contributed by atoms with Gasteiger partial charge in [0.05, 0.1) is 19.1 Å². The fourth-order valence-corrected chi connectivity index (χ4v) is 1.91. The number of aliphatic carboxylic acids is 1. The van der Waals surface area contributed by atoms with E-state index in [2.05, 4.69) is 0 Å². The van der Waals surface area contributed by atoms with E-state index in [9.17, 15) is 9.59 Å². The molecule has 0 aromatic rings. The third kappa shape index (κ3) is 6.20. The summed E-state index contributed by atoms with van der Waals surface area (Å²) in [6, 6.07) is 0. The van der Waals surface area contributed by atoms with Crippen LogP contribution in [0.15, 0.2) is 24.3 Å². The number of carboxylic acid groups (broad SMARTS) is 1. The number of carbonyl (C=O) groups is 2. The van der Waals surface area contributed by atoms with Crippen LogP contribution >= 0.6 is 0 Å². The van der Waals surface area contributed by atoms with E-state index in [1.165, 1.54) is 0 Å². The van der Waals surface area contributed by atoms with Crippen molar-refractivity contribution in [3.63, 3.8) is 0 Å². The molecule has 106 valence electrons. The fraction of sp³-hybridized carbons (Fsp3) is 0.571. The van der Waals surface area contributed by atoms with Gasteiger partial charge in [0, 0.05) is 19.2 Å². The largest absolute Gasteiger partial charge is 0.481 e. The van der Waals surface area contributed by atoms with Crippen molar-refractivity contribution in [1.82, 2.24) is 4.90 Å². The van der Waals surface area contributed by atoms with Crippen molar-refractivity contribution < 1.29 is 19.4 Å². The maximum absolute atomic E-state index is 11.8. The van der Waals surface area contributed by atoms with Gasteiger partial charge in [-0.1, -0.05) is 18.2 Å². The zero-order valence-electron chi connectivity index (χ0n) is 11.2. The van der Waals surface area contributed by atoms with Crippen molar-refractivity contribution in [3.05, 3.63) is 24.3 Å². The maximum Gasteiger partial charge on any atom is 0.305 e. The van der Waals surface area contributed by atoms with Crippen LogP contribution in [0.1, 0.15) is 26.2 Å². The first-order chi connectivity index (χ1) is 9.13. The average Bonchev–Trinajstić information content (AvgIpc) is 2.39. The van der Waals surface area contributed by atoms with Gasteiger partial charge in [0.1, 0.15) is 0 Å². The molecular formula is C14H21NO4. The normalized spacial score (nSPS) is 17.4. The van der Waals surface area contributed by atoms with E-state index >= 15 is 0 Å². The van der Waals surface area contributed by atoms with Crippen LogP contribution in [0.5, 0.6) is 0 Å². The zero-order valence-corrected chi connectivity index (χ0v) is 11.2. The van der Waals surface area contributed by atoms with Crippen molar-refractivity contribution >= 4 is 11.9 Å². The third-order valence-corrected chi connectivity index (χ3v) is 2.97. The molecule has 1 heterocycles. The Bertz CT molecular complexity index is 354.